The fraction of sp³-hybridized carbons (Fsp3) is 0.143. The molecule has 0 saturated carbocycles. The van der Waals surface area contributed by atoms with E-state index in [4.69, 9.17) is 11.6 Å². The number of esters is 1. The van der Waals surface area contributed by atoms with E-state index in [1.54, 1.807) is 23.0 Å². The molecule has 0 aliphatic carbocycles. The number of nitrogens with zero attached hydrogens (tertiary/aromatic N) is 2. The van der Waals surface area contributed by atoms with Gasteiger partial charge in [-0.3, -0.25) is 0 Å². The average Bonchev–Trinajstić information content (AvgIpc) is 2.83. The highest BCUT2D eigenvalue weighted by molar-refractivity contribution is 6.33. The number of allylic oxidation sites excluding steroid dienone is 1. The zero-order valence-electron chi connectivity index (χ0n) is 10.6. The summed E-state index contributed by atoms with van der Waals surface area (Å²) in [6.45, 7) is 1.87. The molecule has 0 radical (unpaired) electrons. The Hall–Kier alpha value is -2.07. The molecule has 1 aromatic heterocycles. The van der Waals surface area contributed by atoms with Crippen LogP contribution in [0.1, 0.15) is 17.4 Å². The second-order valence-electron chi connectivity index (χ2n) is 3.81. The lowest BCUT2D eigenvalue weighted by Gasteiger charge is -2.04. The number of halogens is 1. The number of aromatic nitrogens is 2. The first-order chi connectivity index (χ1) is 9.17. The molecular weight excluding hydrogens is 264 g/mol. The molecule has 4 nitrogen and oxygen atoms in total. The van der Waals surface area contributed by atoms with E-state index in [-0.39, 0.29) is 5.69 Å². The van der Waals surface area contributed by atoms with Crippen molar-refractivity contribution in [2.24, 2.45) is 0 Å². The molecule has 1 aromatic carbocycles. The fourth-order valence-corrected chi connectivity index (χ4v) is 1.96. The molecule has 0 spiro atoms. The van der Waals surface area contributed by atoms with Crippen LogP contribution in [0.15, 0.2) is 36.4 Å². The zero-order valence-corrected chi connectivity index (χ0v) is 11.4. The van der Waals surface area contributed by atoms with Crippen molar-refractivity contribution in [3.05, 3.63) is 47.1 Å². The Morgan fingerprint density at radius 1 is 1.42 bits per heavy atom. The molecular formula is C14H13ClN2O2. The number of hydrogen-bond acceptors (Lipinski definition) is 3. The number of hydrogen-bond donors (Lipinski definition) is 0. The SMILES string of the molecule is C/C=C/n1nc(C(=O)OC)cc1-c1ccccc1Cl. The van der Waals surface area contributed by atoms with Gasteiger partial charge in [-0.15, -0.1) is 0 Å². The van der Waals surface area contributed by atoms with Gasteiger partial charge in [0.25, 0.3) is 0 Å². The van der Waals surface area contributed by atoms with Gasteiger partial charge in [0.15, 0.2) is 5.69 Å². The number of methoxy groups -OCH3 is 1. The Morgan fingerprint density at radius 2 is 2.16 bits per heavy atom. The van der Waals surface area contributed by atoms with Crippen molar-refractivity contribution in [2.75, 3.05) is 7.11 Å². The van der Waals surface area contributed by atoms with Crippen LogP contribution >= 0.6 is 11.6 Å². The Bertz CT molecular complexity index is 632. The van der Waals surface area contributed by atoms with Crippen molar-refractivity contribution in [3.8, 4) is 11.3 Å². The van der Waals surface area contributed by atoms with Gasteiger partial charge < -0.3 is 4.74 Å². The van der Waals surface area contributed by atoms with Crippen molar-refractivity contribution in [1.29, 1.82) is 0 Å². The summed E-state index contributed by atoms with van der Waals surface area (Å²) in [5, 5.41) is 4.79. The van der Waals surface area contributed by atoms with E-state index in [0.717, 1.165) is 11.3 Å². The van der Waals surface area contributed by atoms with Crippen LogP contribution in [0, 0.1) is 0 Å². The third-order valence-corrected chi connectivity index (χ3v) is 2.90. The monoisotopic (exact) mass is 276 g/mol. The lowest BCUT2D eigenvalue weighted by molar-refractivity contribution is 0.0593. The van der Waals surface area contributed by atoms with Gasteiger partial charge in [0.1, 0.15) is 0 Å². The van der Waals surface area contributed by atoms with E-state index < -0.39 is 5.97 Å². The van der Waals surface area contributed by atoms with E-state index in [9.17, 15) is 4.79 Å². The van der Waals surface area contributed by atoms with Gasteiger partial charge in [-0.1, -0.05) is 35.9 Å². The Kier molecular flexibility index (Phi) is 4.02. The van der Waals surface area contributed by atoms with E-state index in [1.807, 2.05) is 31.2 Å². The van der Waals surface area contributed by atoms with Gasteiger partial charge in [-0.2, -0.15) is 5.10 Å². The summed E-state index contributed by atoms with van der Waals surface area (Å²) in [6.07, 6.45) is 3.58. The summed E-state index contributed by atoms with van der Waals surface area (Å²) in [4.78, 5) is 11.5. The fourth-order valence-electron chi connectivity index (χ4n) is 1.72. The summed E-state index contributed by atoms with van der Waals surface area (Å²) in [5.41, 5.74) is 1.80. The quantitative estimate of drug-likeness (QED) is 0.806. The molecule has 0 amide bonds. The van der Waals surface area contributed by atoms with Crippen molar-refractivity contribution >= 4 is 23.8 Å². The Labute approximate surface area is 116 Å². The summed E-state index contributed by atoms with van der Waals surface area (Å²) < 4.78 is 6.28. The summed E-state index contributed by atoms with van der Waals surface area (Å²) in [7, 11) is 1.33. The Morgan fingerprint density at radius 3 is 2.79 bits per heavy atom. The third-order valence-electron chi connectivity index (χ3n) is 2.57. The lowest BCUT2D eigenvalue weighted by atomic mass is 10.1. The molecule has 0 saturated heterocycles. The maximum absolute atomic E-state index is 11.5. The molecule has 1 heterocycles. The van der Waals surface area contributed by atoms with Gasteiger partial charge in [-0.05, 0) is 19.1 Å². The highest BCUT2D eigenvalue weighted by atomic mass is 35.5. The number of benzene rings is 1. The first-order valence-electron chi connectivity index (χ1n) is 5.73. The number of carbonyl (C=O) groups excluding carboxylic acids is 1. The minimum atomic E-state index is -0.475. The first-order valence-corrected chi connectivity index (χ1v) is 6.10. The van der Waals surface area contributed by atoms with Gasteiger partial charge >= 0.3 is 5.97 Å². The van der Waals surface area contributed by atoms with Gasteiger partial charge in [0, 0.05) is 16.8 Å². The molecule has 0 N–H and O–H groups in total. The van der Waals surface area contributed by atoms with Crippen molar-refractivity contribution < 1.29 is 9.53 Å². The molecule has 5 heteroatoms. The van der Waals surface area contributed by atoms with E-state index in [0.29, 0.717) is 5.02 Å². The van der Waals surface area contributed by atoms with Crippen LogP contribution in [0.5, 0.6) is 0 Å². The largest absolute Gasteiger partial charge is 0.464 e. The predicted octanol–water partition coefficient (Wildman–Crippen LogP) is 3.48. The molecule has 2 rings (SSSR count). The topological polar surface area (TPSA) is 44.1 Å². The molecule has 2 aromatic rings. The van der Waals surface area contributed by atoms with Crippen LogP contribution < -0.4 is 0 Å². The minimum Gasteiger partial charge on any atom is -0.464 e. The highest BCUT2D eigenvalue weighted by Gasteiger charge is 2.16. The van der Waals surface area contributed by atoms with Crippen LogP contribution in [0.25, 0.3) is 17.5 Å². The van der Waals surface area contributed by atoms with Gasteiger partial charge in [0.05, 0.1) is 12.8 Å². The molecule has 19 heavy (non-hydrogen) atoms. The standard InChI is InChI=1S/C14H13ClN2O2/c1-3-8-17-13(9-12(16-17)14(18)19-2)10-6-4-5-7-11(10)15/h3-9H,1-2H3/b8-3+. The molecule has 0 fully saturated rings. The van der Waals surface area contributed by atoms with Gasteiger partial charge in [-0.25, -0.2) is 9.48 Å². The van der Waals surface area contributed by atoms with Crippen molar-refractivity contribution in [1.82, 2.24) is 9.78 Å². The van der Waals surface area contributed by atoms with Crippen LogP contribution in [0.3, 0.4) is 0 Å². The third kappa shape index (κ3) is 2.69. The first kappa shape index (κ1) is 13.4. The van der Waals surface area contributed by atoms with Crippen LogP contribution in [-0.2, 0) is 4.74 Å². The molecule has 98 valence electrons. The zero-order chi connectivity index (χ0) is 13.8. The summed E-state index contributed by atoms with van der Waals surface area (Å²) >= 11 is 6.17. The van der Waals surface area contributed by atoms with Crippen LogP contribution in [-0.4, -0.2) is 22.9 Å². The summed E-state index contributed by atoms with van der Waals surface area (Å²) in [6, 6.07) is 9.06. The van der Waals surface area contributed by atoms with Crippen LogP contribution in [0.4, 0.5) is 0 Å². The van der Waals surface area contributed by atoms with Crippen molar-refractivity contribution in [2.45, 2.75) is 6.92 Å². The lowest BCUT2D eigenvalue weighted by Crippen LogP contribution is -2.02. The number of ether oxygens (including phenoxy) is 1. The molecule has 0 atom stereocenters. The summed E-state index contributed by atoms with van der Waals surface area (Å²) in [5.74, 6) is -0.475. The second kappa shape index (κ2) is 5.71. The van der Waals surface area contributed by atoms with Crippen LogP contribution in [0.2, 0.25) is 5.02 Å². The van der Waals surface area contributed by atoms with E-state index in [2.05, 4.69) is 9.84 Å². The second-order valence-corrected chi connectivity index (χ2v) is 4.22. The number of rotatable bonds is 3. The maximum atomic E-state index is 11.5. The normalized spacial score (nSPS) is 10.9. The highest BCUT2D eigenvalue weighted by Crippen LogP contribution is 2.28. The van der Waals surface area contributed by atoms with Crippen molar-refractivity contribution in [3.63, 3.8) is 0 Å². The number of carbonyl (C=O) groups is 1. The van der Waals surface area contributed by atoms with E-state index in [1.165, 1.54) is 7.11 Å². The smallest absolute Gasteiger partial charge is 0.358 e. The van der Waals surface area contributed by atoms with E-state index >= 15 is 0 Å². The Balaban J connectivity index is 2.58. The molecule has 0 unspecified atom stereocenters. The maximum Gasteiger partial charge on any atom is 0.358 e. The van der Waals surface area contributed by atoms with Gasteiger partial charge in [0.2, 0.25) is 0 Å². The predicted molar refractivity (Wildman–Crippen MR) is 75.0 cm³/mol. The molecule has 0 aliphatic heterocycles. The minimum absolute atomic E-state index is 0.246. The molecule has 0 bridgehead atoms. The molecule has 0 aliphatic rings. The average molecular weight is 277 g/mol.